The van der Waals surface area contributed by atoms with Crippen molar-refractivity contribution >= 4 is 21.4 Å². The van der Waals surface area contributed by atoms with Crippen LogP contribution in [0.5, 0.6) is 0 Å². The van der Waals surface area contributed by atoms with Gasteiger partial charge in [0.15, 0.2) is 0 Å². The predicted molar refractivity (Wildman–Crippen MR) is 80.2 cm³/mol. The number of rotatable bonds is 9. The van der Waals surface area contributed by atoms with Gasteiger partial charge in [0, 0.05) is 12.6 Å². The molecule has 0 bridgehead atoms. The molecule has 0 aliphatic carbocycles. The van der Waals surface area contributed by atoms with Crippen LogP contribution in [0.3, 0.4) is 0 Å². The minimum atomic E-state index is -3.69. The molecule has 0 aliphatic heterocycles. The first-order valence-corrected chi connectivity index (χ1v) is 8.15. The fourth-order valence-corrected chi connectivity index (χ4v) is 2.90. The number of nitrogens with two attached hydrogens (primary N) is 1. The van der Waals surface area contributed by atoms with Crippen LogP contribution in [0, 0.1) is 10.1 Å². The number of benzene rings is 1. The Balaban J connectivity index is 2.81. The topological polar surface area (TPSA) is 127 Å². The molecular weight excluding hydrogens is 296 g/mol. The lowest BCUT2D eigenvalue weighted by Gasteiger charge is -2.08. The molecule has 0 radical (unpaired) electrons. The maximum atomic E-state index is 12.1. The van der Waals surface area contributed by atoms with Gasteiger partial charge in [0.25, 0.3) is 5.69 Å². The summed E-state index contributed by atoms with van der Waals surface area (Å²) in [4.78, 5) is 10.1. The number of nitrogen functional groups attached to an aromatic ring is 1. The van der Waals surface area contributed by atoms with Gasteiger partial charge in [-0.05, 0) is 18.6 Å². The standard InChI is InChI=1S/C12H20N4O4S/c1-2-3-4-5-8-14-21(19,20)10-6-7-12(16(17)18)11(9-10)15-13/h6-7,9,14-15H,2-5,8,13H2,1H3. The third-order valence-corrected chi connectivity index (χ3v) is 4.41. The molecule has 4 N–H and O–H groups in total. The van der Waals surface area contributed by atoms with E-state index in [0.29, 0.717) is 6.54 Å². The van der Waals surface area contributed by atoms with Gasteiger partial charge < -0.3 is 5.43 Å². The largest absolute Gasteiger partial charge is 0.318 e. The quantitative estimate of drug-likeness (QED) is 0.275. The third-order valence-electron chi connectivity index (χ3n) is 2.95. The van der Waals surface area contributed by atoms with E-state index < -0.39 is 14.9 Å². The summed E-state index contributed by atoms with van der Waals surface area (Å²) in [6.45, 7) is 2.41. The molecule has 0 unspecified atom stereocenters. The fraction of sp³-hybridized carbons (Fsp3) is 0.500. The maximum absolute atomic E-state index is 12.1. The minimum Gasteiger partial charge on any atom is -0.318 e. The van der Waals surface area contributed by atoms with E-state index in [0.717, 1.165) is 37.8 Å². The van der Waals surface area contributed by atoms with Crippen molar-refractivity contribution in [2.24, 2.45) is 5.84 Å². The van der Waals surface area contributed by atoms with E-state index >= 15 is 0 Å². The van der Waals surface area contributed by atoms with Crippen LogP contribution >= 0.6 is 0 Å². The number of nitrogens with one attached hydrogen (secondary N) is 2. The second-order valence-corrected chi connectivity index (χ2v) is 6.31. The minimum absolute atomic E-state index is 0.0474. The Morgan fingerprint density at radius 3 is 2.57 bits per heavy atom. The Kier molecular flexibility index (Phi) is 6.53. The third kappa shape index (κ3) is 4.96. The summed E-state index contributed by atoms with van der Waals surface area (Å²) in [5, 5.41) is 10.8. The van der Waals surface area contributed by atoms with Crippen molar-refractivity contribution in [3.05, 3.63) is 28.3 Å². The zero-order valence-corrected chi connectivity index (χ0v) is 12.6. The highest BCUT2D eigenvalue weighted by molar-refractivity contribution is 7.89. The van der Waals surface area contributed by atoms with E-state index in [4.69, 9.17) is 5.84 Å². The molecule has 0 saturated heterocycles. The van der Waals surface area contributed by atoms with E-state index in [9.17, 15) is 18.5 Å². The Labute approximate surface area is 123 Å². The number of sulfonamides is 1. The second-order valence-electron chi connectivity index (χ2n) is 4.54. The van der Waals surface area contributed by atoms with E-state index in [1.54, 1.807) is 0 Å². The average Bonchev–Trinajstić information content (AvgIpc) is 2.46. The van der Waals surface area contributed by atoms with Gasteiger partial charge in [-0.25, -0.2) is 13.1 Å². The number of nitro benzene ring substituents is 1. The van der Waals surface area contributed by atoms with E-state index in [1.807, 2.05) is 0 Å². The number of nitrogens with zero attached hydrogens (tertiary/aromatic N) is 1. The molecule has 0 spiro atoms. The molecule has 0 heterocycles. The summed E-state index contributed by atoms with van der Waals surface area (Å²) in [5.74, 6) is 5.19. The number of hydrogen-bond acceptors (Lipinski definition) is 6. The van der Waals surface area contributed by atoms with Crippen molar-refractivity contribution in [3.8, 4) is 0 Å². The Morgan fingerprint density at radius 2 is 2.00 bits per heavy atom. The number of unbranched alkanes of at least 4 members (excludes halogenated alkanes) is 3. The number of hydrogen-bond donors (Lipinski definition) is 3. The van der Waals surface area contributed by atoms with Crippen LogP contribution in [-0.2, 0) is 10.0 Å². The number of hydrazine groups is 1. The molecule has 0 aromatic heterocycles. The van der Waals surface area contributed by atoms with Gasteiger partial charge in [-0.2, -0.15) is 0 Å². The average molecular weight is 316 g/mol. The molecule has 0 aliphatic rings. The van der Waals surface area contributed by atoms with E-state index in [2.05, 4.69) is 17.1 Å². The zero-order valence-electron chi connectivity index (χ0n) is 11.8. The van der Waals surface area contributed by atoms with Crippen molar-refractivity contribution in [2.45, 2.75) is 37.5 Å². The summed E-state index contributed by atoms with van der Waals surface area (Å²) in [5.41, 5.74) is 1.81. The molecule has 118 valence electrons. The van der Waals surface area contributed by atoms with Crippen molar-refractivity contribution < 1.29 is 13.3 Å². The van der Waals surface area contributed by atoms with Crippen molar-refractivity contribution in [3.63, 3.8) is 0 Å². The van der Waals surface area contributed by atoms with Gasteiger partial charge in [0.05, 0.1) is 9.82 Å². The molecule has 1 aromatic carbocycles. The van der Waals surface area contributed by atoms with Crippen molar-refractivity contribution in [2.75, 3.05) is 12.0 Å². The summed E-state index contributed by atoms with van der Waals surface area (Å²) >= 11 is 0. The Hall–Kier alpha value is -1.71. The molecule has 1 rings (SSSR count). The highest BCUT2D eigenvalue weighted by Gasteiger charge is 2.19. The SMILES string of the molecule is CCCCCCNS(=O)(=O)c1ccc([N+](=O)[O-])c(NN)c1. The van der Waals surface area contributed by atoms with E-state index in [1.165, 1.54) is 6.07 Å². The van der Waals surface area contributed by atoms with Crippen LogP contribution in [0.25, 0.3) is 0 Å². The van der Waals surface area contributed by atoms with Gasteiger partial charge in [0.2, 0.25) is 10.0 Å². The summed E-state index contributed by atoms with van der Waals surface area (Å²) < 4.78 is 26.6. The molecule has 0 saturated carbocycles. The lowest BCUT2D eigenvalue weighted by molar-refractivity contribution is -0.384. The fourth-order valence-electron chi connectivity index (χ4n) is 1.80. The van der Waals surface area contributed by atoms with Crippen molar-refractivity contribution in [1.82, 2.24) is 4.72 Å². The molecule has 21 heavy (non-hydrogen) atoms. The predicted octanol–water partition coefficient (Wildman–Crippen LogP) is 1.74. The molecule has 0 fully saturated rings. The van der Waals surface area contributed by atoms with Gasteiger partial charge in [-0.15, -0.1) is 0 Å². The normalized spacial score (nSPS) is 11.3. The Bertz CT molecular complexity index is 589. The van der Waals surface area contributed by atoms with Crippen LogP contribution in [0.1, 0.15) is 32.6 Å². The summed E-state index contributed by atoms with van der Waals surface area (Å²) in [6, 6.07) is 3.45. The smallest absolute Gasteiger partial charge is 0.293 e. The second kappa shape index (κ2) is 7.91. The van der Waals surface area contributed by atoms with Gasteiger partial charge >= 0.3 is 0 Å². The Morgan fingerprint density at radius 1 is 1.29 bits per heavy atom. The van der Waals surface area contributed by atoms with E-state index in [-0.39, 0.29) is 16.3 Å². The summed E-state index contributed by atoms with van der Waals surface area (Å²) in [6.07, 6.45) is 3.83. The highest BCUT2D eigenvalue weighted by atomic mass is 32.2. The van der Waals surface area contributed by atoms with Gasteiger partial charge in [-0.1, -0.05) is 26.2 Å². The van der Waals surface area contributed by atoms with Gasteiger partial charge in [0.1, 0.15) is 5.69 Å². The molecule has 0 amide bonds. The van der Waals surface area contributed by atoms with Crippen LogP contribution in [0.15, 0.2) is 23.1 Å². The molecule has 0 atom stereocenters. The number of nitro groups is 1. The lowest BCUT2D eigenvalue weighted by Crippen LogP contribution is -2.25. The van der Waals surface area contributed by atoms with Crippen LogP contribution in [0.4, 0.5) is 11.4 Å². The zero-order chi connectivity index (χ0) is 15.9. The first-order chi connectivity index (χ1) is 9.92. The highest BCUT2D eigenvalue weighted by Crippen LogP contribution is 2.26. The first kappa shape index (κ1) is 17.3. The molecule has 1 aromatic rings. The number of anilines is 1. The monoisotopic (exact) mass is 316 g/mol. The molecule has 9 heteroatoms. The van der Waals surface area contributed by atoms with Crippen molar-refractivity contribution in [1.29, 1.82) is 0 Å². The van der Waals surface area contributed by atoms with Crippen LogP contribution < -0.4 is 16.0 Å². The maximum Gasteiger partial charge on any atom is 0.293 e. The van der Waals surface area contributed by atoms with Gasteiger partial charge in [-0.3, -0.25) is 16.0 Å². The molecule has 8 nitrogen and oxygen atoms in total. The molecular formula is C12H20N4O4S. The summed E-state index contributed by atoms with van der Waals surface area (Å²) in [7, 11) is -3.69. The van der Waals surface area contributed by atoms with Crippen LogP contribution in [-0.4, -0.2) is 19.9 Å². The van der Waals surface area contributed by atoms with Crippen LogP contribution in [0.2, 0.25) is 0 Å². The lowest BCUT2D eigenvalue weighted by atomic mass is 10.2. The first-order valence-electron chi connectivity index (χ1n) is 6.67.